The Labute approximate surface area is 170 Å². The Kier molecular flexibility index (Phi) is 6.20. The number of nitrogens with one attached hydrogen (secondary N) is 1. The van der Waals surface area contributed by atoms with Crippen LogP contribution in [0, 0.1) is 0 Å². The average molecular weight is 398 g/mol. The second-order valence-corrected chi connectivity index (χ2v) is 7.79. The number of amides is 2. The van der Waals surface area contributed by atoms with E-state index in [9.17, 15) is 14.0 Å². The van der Waals surface area contributed by atoms with Crippen molar-refractivity contribution in [3.05, 3.63) is 65.2 Å². The number of para-hydroxylation sites is 1. The Bertz CT molecular complexity index is 884. The first-order valence-electron chi connectivity index (χ1n) is 9.83. The molecule has 0 radical (unpaired) electrons. The molecule has 0 bridgehead atoms. The van der Waals surface area contributed by atoms with Crippen LogP contribution < -0.4 is 5.32 Å². The molecule has 1 aliphatic rings. The van der Waals surface area contributed by atoms with Crippen molar-refractivity contribution >= 4 is 17.7 Å². The lowest BCUT2D eigenvalue weighted by molar-refractivity contribution is 0.0602. The van der Waals surface area contributed by atoms with Crippen LogP contribution in [0.1, 0.15) is 54.1 Å². The molecule has 6 heteroatoms. The minimum absolute atomic E-state index is 0.215. The van der Waals surface area contributed by atoms with Gasteiger partial charge in [0, 0.05) is 13.1 Å². The zero-order valence-electron chi connectivity index (χ0n) is 17.1. The van der Waals surface area contributed by atoms with Crippen LogP contribution >= 0.6 is 0 Å². The molecule has 2 amide bonds. The highest BCUT2D eigenvalue weighted by Gasteiger charge is 2.29. The molecular formula is C23H27FN2O3. The Morgan fingerprint density at radius 3 is 2.34 bits per heavy atom. The average Bonchev–Trinajstić information content (AvgIpc) is 2.73. The van der Waals surface area contributed by atoms with Crippen LogP contribution in [0.5, 0.6) is 0 Å². The van der Waals surface area contributed by atoms with Crippen molar-refractivity contribution in [2.24, 2.45) is 0 Å². The van der Waals surface area contributed by atoms with Gasteiger partial charge in [0.2, 0.25) is 0 Å². The number of likely N-dealkylation sites (tertiary alicyclic amines) is 1. The third-order valence-electron chi connectivity index (χ3n) is 5.40. The van der Waals surface area contributed by atoms with Crippen molar-refractivity contribution in [2.45, 2.75) is 38.3 Å². The summed E-state index contributed by atoms with van der Waals surface area (Å²) >= 11 is 0. The van der Waals surface area contributed by atoms with Gasteiger partial charge in [-0.25, -0.2) is 14.0 Å². The molecule has 2 aromatic carbocycles. The molecule has 2 aromatic rings. The lowest BCUT2D eigenvalue weighted by Crippen LogP contribution is -2.41. The molecule has 1 aliphatic heterocycles. The molecule has 0 aliphatic carbocycles. The van der Waals surface area contributed by atoms with E-state index in [1.807, 2.05) is 24.3 Å². The fourth-order valence-corrected chi connectivity index (χ4v) is 3.86. The van der Waals surface area contributed by atoms with Crippen LogP contribution in [0.3, 0.4) is 0 Å². The summed E-state index contributed by atoms with van der Waals surface area (Å²) in [6, 6.07) is 14.1. The second-order valence-electron chi connectivity index (χ2n) is 7.79. The Balaban J connectivity index is 1.67. The Morgan fingerprint density at radius 2 is 1.69 bits per heavy atom. The number of hydrogen-bond acceptors (Lipinski definition) is 3. The number of rotatable bonds is 4. The fourth-order valence-electron chi connectivity index (χ4n) is 3.86. The molecule has 0 aromatic heterocycles. The first kappa shape index (κ1) is 20.8. The molecule has 0 unspecified atom stereocenters. The smallest absolute Gasteiger partial charge is 0.339 e. The highest BCUT2D eigenvalue weighted by Crippen LogP contribution is 2.36. The van der Waals surface area contributed by atoms with E-state index in [1.165, 1.54) is 7.11 Å². The number of carbonyl (C=O) groups is 2. The summed E-state index contributed by atoms with van der Waals surface area (Å²) in [5.74, 6) is -0.280. The molecule has 5 nitrogen and oxygen atoms in total. The van der Waals surface area contributed by atoms with Gasteiger partial charge in [0.05, 0.1) is 18.4 Å². The van der Waals surface area contributed by atoms with E-state index in [0.717, 1.165) is 24.0 Å². The maximum atomic E-state index is 14.6. The molecule has 29 heavy (non-hydrogen) atoms. The number of piperidine rings is 1. The van der Waals surface area contributed by atoms with Gasteiger partial charge < -0.3 is 15.0 Å². The summed E-state index contributed by atoms with van der Waals surface area (Å²) in [6.45, 7) is 4.29. The topological polar surface area (TPSA) is 58.6 Å². The van der Waals surface area contributed by atoms with Crippen LogP contribution in [0.2, 0.25) is 0 Å². The van der Waals surface area contributed by atoms with Crippen molar-refractivity contribution in [3.63, 3.8) is 0 Å². The van der Waals surface area contributed by atoms with E-state index in [-0.39, 0.29) is 11.9 Å². The maximum Gasteiger partial charge on any atom is 0.339 e. The Hall–Kier alpha value is -2.89. The summed E-state index contributed by atoms with van der Waals surface area (Å²) in [4.78, 5) is 26.3. The molecule has 1 N–H and O–H groups in total. The molecule has 1 fully saturated rings. The number of benzene rings is 2. The molecule has 0 saturated carbocycles. The van der Waals surface area contributed by atoms with Crippen LogP contribution in [0.25, 0.3) is 0 Å². The predicted octanol–water partition coefficient (Wildman–Crippen LogP) is 5.09. The molecule has 154 valence electrons. The fraction of sp³-hybridized carbons (Fsp3) is 0.391. The van der Waals surface area contributed by atoms with Gasteiger partial charge in [-0.1, -0.05) is 36.4 Å². The monoisotopic (exact) mass is 398 g/mol. The molecule has 0 atom stereocenters. The van der Waals surface area contributed by atoms with Crippen molar-refractivity contribution in [2.75, 3.05) is 25.5 Å². The summed E-state index contributed by atoms with van der Waals surface area (Å²) < 4.78 is 19.4. The lowest BCUT2D eigenvalue weighted by Gasteiger charge is -2.34. The molecule has 3 rings (SSSR count). The zero-order valence-corrected chi connectivity index (χ0v) is 17.1. The van der Waals surface area contributed by atoms with Gasteiger partial charge in [-0.3, -0.25) is 0 Å². The normalized spacial score (nSPS) is 15.1. The molecule has 1 saturated heterocycles. The standard InChI is InChI=1S/C23H27FN2O3/c1-23(2,24)19-10-6-4-8-17(19)16-12-14-26(15-13-16)22(28)25-20-11-7-5-9-18(20)21(27)29-3/h4-11,16H,12-15H2,1-3H3,(H,25,28). The van der Waals surface area contributed by atoms with E-state index in [0.29, 0.717) is 24.3 Å². The van der Waals surface area contributed by atoms with Crippen LogP contribution in [-0.2, 0) is 10.4 Å². The second kappa shape index (κ2) is 8.64. The summed E-state index contributed by atoms with van der Waals surface area (Å²) in [5, 5.41) is 2.81. The van der Waals surface area contributed by atoms with Crippen LogP contribution in [0.4, 0.5) is 14.9 Å². The summed E-state index contributed by atoms with van der Waals surface area (Å²) in [7, 11) is 1.31. The van der Waals surface area contributed by atoms with E-state index in [2.05, 4.69) is 5.32 Å². The first-order chi connectivity index (χ1) is 13.8. The quantitative estimate of drug-likeness (QED) is 0.730. The number of esters is 1. The Morgan fingerprint density at radius 1 is 1.07 bits per heavy atom. The molecular weight excluding hydrogens is 371 g/mol. The maximum absolute atomic E-state index is 14.6. The molecule has 1 heterocycles. The SMILES string of the molecule is COC(=O)c1ccccc1NC(=O)N1CCC(c2ccccc2C(C)(C)F)CC1. The number of ether oxygens (including phenoxy) is 1. The van der Waals surface area contributed by atoms with Gasteiger partial charge in [-0.15, -0.1) is 0 Å². The van der Waals surface area contributed by atoms with E-state index < -0.39 is 11.6 Å². The number of hydrogen-bond donors (Lipinski definition) is 1. The minimum atomic E-state index is -1.40. The van der Waals surface area contributed by atoms with Crippen molar-refractivity contribution in [3.8, 4) is 0 Å². The number of urea groups is 1. The van der Waals surface area contributed by atoms with Gasteiger partial charge >= 0.3 is 12.0 Å². The summed E-state index contributed by atoms with van der Waals surface area (Å²) in [6.07, 6.45) is 1.53. The zero-order chi connectivity index (χ0) is 21.0. The van der Waals surface area contributed by atoms with Crippen LogP contribution in [-0.4, -0.2) is 37.1 Å². The van der Waals surface area contributed by atoms with Crippen molar-refractivity contribution in [1.82, 2.24) is 4.90 Å². The van der Waals surface area contributed by atoms with Crippen LogP contribution in [0.15, 0.2) is 48.5 Å². The lowest BCUT2D eigenvalue weighted by atomic mass is 9.82. The highest BCUT2D eigenvalue weighted by molar-refractivity contribution is 6.00. The van der Waals surface area contributed by atoms with Crippen molar-refractivity contribution in [1.29, 1.82) is 0 Å². The number of methoxy groups -OCH3 is 1. The van der Waals surface area contributed by atoms with Crippen molar-refractivity contribution < 1.29 is 18.7 Å². The number of halogens is 1. The van der Waals surface area contributed by atoms with Gasteiger partial charge in [0.25, 0.3) is 0 Å². The first-order valence-corrected chi connectivity index (χ1v) is 9.83. The molecule has 0 spiro atoms. The van der Waals surface area contributed by atoms with Gasteiger partial charge in [-0.05, 0) is 55.9 Å². The van der Waals surface area contributed by atoms with Gasteiger partial charge in [0.1, 0.15) is 5.67 Å². The largest absolute Gasteiger partial charge is 0.465 e. The number of carbonyl (C=O) groups excluding carboxylic acids is 2. The third-order valence-corrected chi connectivity index (χ3v) is 5.40. The van der Waals surface area contributed by atoms with E-state index in [4.69, 9.17) is 4.74 Å². The van der Waals surface area contributed by atoms with E-state index >= 15 is 0 Å². The van der Waals surface area contributed by atoms with Gasteiger partial charge in [-0.2, -0.15) is 0 Å². The van der Waals surface area contributed by atoms with Gasteiger partial charge in [0.15, 0.2) is 0 Å². The number of nitrogens with zero attached hydrogens (tertiary/aromatic N) is 1. The predicted molar refractivity (Wildman–Crippen MR) is 111 cm³/mol. The number of anilines is 1. The number of alkyl halides is 1. The highest BCUT2D eigenvalue weighted by atomic mass is 19.1. The summed E-state index contributed by atoms with van der Waals surface area (Å²) in [5.41, 5.74) is 1.09. The minimum Gasteiger partial charge on any atom is -0.465 e. The van der Waals surface area contributed by atoms with E-state index in [1.54, 1.807) is 43.0 Å². The third kappa shape index (κ3) is 4.75.